The number of hydrogen-bond donors (Lipinski definition) is 1. The number of rotatable bonds is 7. The van der Waals surface area contributed by atoms with Crippen molar-refractivity contribution < 1.29 is 9.18 Å². The highest BCUT2D eigenvalue weighted by Gasteiger charge is 2.25. The van der Waals surface area contributed by atoms with Crippen LogP contribution in [0, 0.1) is 5.82 Å². The summed E-state index contributed by atoms with van der Waals surface area (Å²) < 4.78 is 14.7. The number of nitrogens with one attached hydrogen (secondary N) is 1. The van der Waals surface area contributed by atoms with Gasteiger partial charge in [0, 0.05) is 31.9 Å². The minimum Gasteiger partial charge on any atom is -0.337 e. The first-order chi connectivity index (χ1) is 11.0. The van der Waals surface area contributed by atoms with Gasteiger partial charge in [-0.2, -0.15) is 5.10 Å². The SMILES string of the molecule is CCCN(Cc1ccc(F)cc1)C(=O)C(NC)c1cnn(C)c1.Cl. The molecule has 1 heterocycles. The van der Waals surface area contributed by atoms with Crippen molar-refractivity contribution in [2.45, 2.75) is 25.9 Å². The van der Waals surface area contributed by atoms with Crippen molar-refractivity contribution in [3.8, 4) is 0 Å². The quantitative estimate of drug-likeness (QED) is 0.831. The summed E-state index contributed by atoms with van der Waals surface area (Å²) in [5, 5.41) is 7.19. The number of aromatic nitrogens is 2. The van der Waals surface area contributed by atoms with E-state index in [1.165, 1.54) is 12.1 Å². The lowest BCUT2D eigenvalue weighted by atomic mass is 10.1. The minimum absolute atomic E-state index is 0. The van der Waals surface area contributed by atoms with Crippen LogP contribution in [-0.2, 0) is 18.4 Å². The van der Waals surface area contributed by atoms with E-state index in [9.17, 15) is 9.18 Å². The minimum atomic E-state index is -0.435. The van der Waals surface area contributed by atoms with Crippen LogP contribution in [0.1, 0.15) is 30.5 Å². The number of amides is 1. The number of likely N-dealkylation sites (N-methyl/N-ethyl adjacent to an activating group) is 1. The largest absolute Gasteiger partial charge is 0.337 e. The lowest BCUT2D eigenvalue weighted by molar-refractivity contribution is -0.134. The average molecular weight is 355 g/mol. The topological polar surface area (TPSA) is 50.2 Å². The van der Waals surface area contributed by atoms with E-state index in [0.717, 1.165) is 17.5 Å². The maximum atomic E-state index is 13.0. The van der Waals surface area contributed by atoms with E-state index in [-0.39, 0.29) is 24.1 Å². The van der Waals surface area contributed by atoms with Crippen LogP contribution >= 0.6 is 12.4 Å². The second-order valence-corrected chi connectivity index (χ2v) is 5.56. The van der Waals surface area contributed by atoms with Crippen molar-refractivity contribution in [2.75, 3.05) is 13.6 Å². The second-order valence-electron chi connectivity index (χ2n) is 5.56. The first kappa shape index (κ1) is 20.1. The fourth-order valence-corrected chi connectivity index (χ4v) is 2.55. The molecule has 0 aliphatic heterocycles. The van der Waals surface area contributed by atoms with Crippen molar-refractivity contribution in [1.82, 2.24) is 20.0 Å². The summed E-state index contributed by atoms with van der Waals surface area (Å²) in [7, 11) is 3.58. The molecule has 132 valence electrons. The molecule has 1 aromatic carbocycles. The summed E-state index contributed by atoms with van der Waals surface area (Å²) in [5.41, 5.74) is 1.74. The maximum absolute atomic E-state index is 13.0. The molecule has 0 spiro atoms. The Balaban J connectivity index is 0.00000288. The molecule has 0 saturated carbocycles. The molecule has 1 aromatic heterocycles. The summed E-state index contributed by atoms with van der Waals surface area (Å²) in [6.45, 7) is 3.14. The monoisotopic (exact) mass is 354 g/mol. The van der Waals surface area contributed by atoms with E-state index in [2.05, 4.69) is 10.4 Å². The molecule has 1 N–H and O–H groups in total. The van der Waals surface area contributed by atoms with Gasteiger partial charge in [-0.25, -0.2) is 4.39 Å². The molecule has 1 unspecified atom stereocenters. The van der Waals surface area contributed by atoms with Crippen molar-refractivity contribution in [1.29, 1.82) is 0 Å². The van der Waals surface area contributed by atoms with Gasteiger partial charge in [0.05, 0.1) is 6.20 Å². The van der Waals surface area contributed by atoms with Crippen LogP contribution in [0.15, 0.2) is 36.7 Å². The molecule has 5 nitrogen and oxygen atoms in total. The van der Waals surface area contributed by atoms with Gasteiger partial charge in [-0.05, 0) is 31.2 Å². The number of aryl methyl sites for hydroxylation is 1. The zero-order chi connectivity index (χ0) is 16.8. The number of carbonyl (C=O) groups excluding carboxylic acids is 1. The lowest BCUT2D eigenvalue weighted by Gasteiger charge is -2.26. The van der Waals surface area contributed by atoms with Crippen LogP contribution in [0.3, 0.4) is 0 Å². The first-order valence-corrected chi connectivity index (χ1v) is 7.74. The molecule has 0 bridgehead atoms. The summed E-state index contributed by atoms with van der Waals surface area (Å²) in [5.74, 6) is -0.280. The Morgan fingerprint density at radius 2 is 2.04 bits per heavy atom. The van der Waals surface area contributed by atoms with Crippen LogP contribution < -0.4 is 5.32 Å². The van der Waals surface area contributed by atoms with E-state index in [1.807, 2.05) is 20.2 Å². The molecular weight excluding hydrogens is 331 g/mol. The van der Waals surface area contributed by atoms with E-state index in [4.69, 9.17) is 0 Å². The van der Waals surface area contributed by atoms with E-state index in [0.29, 0.717) is 13.1 Å². The Bertz CT molecular complexity index is 644. The normalized spacial score (nSPS) is 11.7. The van der Waals surface area contributed by atoms with Gasteiger partial charge < -0.3 is 10.2 Å². The fraction of sp³-hybridized carbons (Fsp3) is 0.412. The smallest absolute Gasteiger partial charge is 0.244 e. The van der Waals surface area contributed by atoms with Gasteiger partial charge >= 0.3 is 0 Å². The third-order valence-corrected chi connectivity index (χ3v) is 3.69. The number of halogens is 2. The lowest BCUT2D eigenvalue weighted by Crippen LogP contribution is -2.39. The van der Waals surface area contributed by atoms with Gasteiger partial charge in [0.2, 0.25) is 5.91 Å². The Kier molecular flexibility index (Phi) is 7.88. The molecule has 0 saturated heterocycles. The highest BCUT2D eigenvalue weighted by molar-refractivity contribution is 5.85. The summed E-state index contributed by atoms with van der Waals surface area (Å²) in [6, 6.07) is 5.82. The van der Waals surface area contributed by atoms with Gasteiger partial charge in [0.25, 0.3) is 0 Å². The number of benzene rings is 1. The molecule has 0 aliphatic carbocycles. The molecule has 0 fully saturated rings. The molecule has 7 heteroatoms. The van der Waals surface area contributed by atoms with Gasteiger partial charge in [0.15, 0.2) is 0 Å². The average Bonchev–Trinajstić information content (AvgIpc) is 2.96. The third-order valence-electron chi connectivity index (χ3n) is 3.69. The first-order valence-electron chi connectivity index (χ1n) is 7.74. The third kappa shape index (κ3) is 5.04. The van der Waals surface area contributed by atoms with E-state index < -0.39 is 6.04 Å². The van der Waals surface area contributed by atoms with Crippen LogP contribution in [-0.4, -0.2) is 34.2 Å². The Morgan fingerprint density at radius 1 is 1.38 bits per heavy atom. The fourth-order valence-electron chi connectivity index (χ4n) is 2.55. The van der Waals surface area contributed by atoms with Gasteiger partial charge in [-0.1, -0.05) is 19.1 Å². The zero-order valence-electron chi connectivity index (χ0n) is 14.2. The zero-order valence-corrected chi connectivity index (χ0v) is 15.0. The standard InChI is InChI=1S/C17H23FN4O.ClH/c1-4-9-22(11-13-5-7-15(18)8-6-13)17(23)16(19-2)14-10-20-21(3)12-14;/h5-8,10,12,16,19H,4,9,11H2,1-3H3;1H. The predicted molar refractivity (Wildman–Crippen MR) is 94.4 cm³/mol. The van der Waals surface area contributed by atoms with Crippen LogP contribution in [0.25, 0.3) is 0 Å². The molecule has 2 aromatic rings. The predicted octanol–water partition coefficient (Wildman–Crippen LogP) is 2.68. The molecule has 1 amide bonds. The summed E-state index contributed by atoms with van der Waals surface area (Å²) in [4.78, 5) is 14.7. The molecule has 24 heavy (non-hydrogen) atoms. The Hall–Kier alpha value is -1.92. The highest BCUT2D eigenvalue weighted by Crippen LogP contribution is 2.17. The summed E-state index contributed by atoms with van der Waals surface area (Å²) >= 11 is 0. The van der Waals surface area contributed by atoms with Gasteiger partial charge in [-0.15, -0.1) is 12.4 Å². The molecule has 0 aliphatic rings. The van der Waals surface area contributed by atoms with Crippen molar-refractivity contribution >= 4 is 18.3 Å². The van der Waals surface area contributed by atoms with Crippen LogP contribution in [0.5, 0.6) is 0 Å². The maximum Gasteiger partial charge on any atom is 0.244 e. The van der Waals surface area contributed by atoms with E-state index in [1.54, 1.807) is 35.0 Å². The Morgan fingerprint density at radius 3 is 2.54 bits per heavy atom. The molecule has 0 radical (unpaired) electrons. The van der Waals surface area contributed by atoms with Crippen molar-refractivity contribution in [3.05, 3.63) is 53.6 Å². The van der Waals surface area contributed by atoms with Crippen molar-refractivity contribution in [2.24, 2.45) is 7.05 Å². The van der Waals surface area contributed by atoms with Crippen LogP contribution in [0.4, 0.5) is 4.39 Å². The van der Waals surface area contributed by atoms with Gasteiger partial charge in [-0.3, -0.25) is 9.48 Å². The molecule has 1 atom stereocenters. The second kappa shape index (κ2) is 9.39. The van der Waals surface area contributed by atoms with Crippen LogP contribution in [0.2, 0.25) is 0 Å². The summed E-state index contributed by atoms with van der Waals surface area (Å²) in [6.07, 6.45) is 4.39. The molecular formula is C17H24ClFN4O. The van der Waals surface area contributed by atoms with Gasteiger partial charge in [0.1, 0.15) is 11.9 Å². The number of nitrogens with zero attached hydrogens (tertiary/aromatic N) is 3. The number of carbonyl (C=O) groups is 1. The molecule has 2 rings (SSSR count). The Labute approximate surface area is 148 Å². The number of hydrogen-bond acceptors (Lipinski definition) is 3. The van der Waals surface area contributed by atoms with Crippen molar-refractivity contribution in [3.63, 3.8) is 0 Å². The highest BCUT2D eigenvalue weighted by atomic mass is 35.5. The van der Waals surface area contributed by atoms with E-state index >= 15 is 0 Å².